The van der Waals surface area contributed by atoms with Crippen molar-refractivity contribution >= 4 is 39.3 Å². The van der Waals surface area contributed by atoms with Gasteiger partial charge in [-0.15, -0.1) is 0 Å². The van der Waals surface area contributed by atoms with E-state index in [-0.39, 0.29) is 62.2 Å². The maximum atomic E-state index is 14.2. The molecule has 8 aromatic carbocycles. The molecule has 0 bridgehead atoms. The lowest BCUT2D eigenvalue weighted by molar-refractivity contribution is 0.410. The van der Waals surface area contributed by atoms with Gasteiger partial charge in [0.15, 0.2) is 0 Å². The van der Waals surface area contributed by atoms with Gasteiger partial charge in [0.05, 0.1) is 39.2 Å². The predicted octanol–water partition coefficient (Wildman–Crippen LogP) is 11.4. The van der Waals surface area contributed by atoms with Crippen molar-refractivity contribution < 1.29 is 43.1 Å². The Bertz CT molecular complexity index is 3310. The van der Waals surface area contributed by atoms with E-state index in [1.807, 2.05) is 27.7 Å². The molecule has 8 aromatic rings. The van der Waals surface area contributed by atoms with Gasteiger partial charge < -0.3 is 9.47 Å². The van der Waals surface area contributed by atoms with Gasteiger partial charge in [-0.25, -0.2) is 33.7 Å². The summed E-state index contributed by atoms with van der Waals surface area (Å²) < 4.78 is 127. The molecule has 68 heavy (non-hydrogen) atoms. The first-order valence-electron chi connectivity index (χ1n) is 21.5. The summed E-state index contributed by atoms with van der Waals surface area (Å²) in [5.41, 5.74) is 5.65. The average molecular weight is 979 g/mol. The monoisotopic (exact) mass is 978 g/mol. The molecule has 10 nitrogen and oxygen atoms in total. The van der Waals surface area contributed by atoms with Crippen molar-refractivity contribution in [3.05, 3.63) is 214 Å². The number of ether oxygens (including phenoxy) is 2. The van der Waals surface area contributed by atoms with Gasteiger partial charge in [-0.2, -0.15) is 0 Å². The van der Waals surface area contributed by atoms with E-state index in [1.54, 1.807) is 72.8 Å². The minimum absolute atomic E-state index is 0.0598. The highest BCUT2D eigenvalue weighted by Gasteiger charge is 2.42. The van der Waals surface area contributed by atoms with Crippen LogP contribution in [0.25, 0.3) is 0 Å². The van der Waals surface area contributed by atoms with Gasteiger partial charge in [-0.05, 0) is 100 Å². The van der Waals surface area contributed by atoms with Gasteiger partial charge in [-0.1, -0.05) is 95.1 Å². The third-order valence-electron chi connectivity index (χ3n) is 12.6. The van der Waals surface area contributed by atoms with Crippen molar-refractivity contribution in [2.75, 3.05) is 0 Å². The smallest absolute Gasteiger partial charge is 0.206 e. The number of hydrogen-bond donors (Lipinski definition) is 0. The van der Waals surface area contributed by atoms with Crippen LogP contribution in [-0.4, -0.2) is 33.7 Å². The van der Waals surface area contributed by atoms with E-state index in [4.69, 9.17) is 9.47 Å². The molecule has 342 valence electrons. The van der Waals surface area contributed by atoms with Gasteiger partial charge in [-0.3, -0.25) is 0 Å². The van der Waals surface area contributed by atoms with Crippen molar-refractivity contribution in [3.8, 4) is 23.0 Å². The Morgan fingerprint density at radius 2 is 0.441 bits per heavy atom. The van der Waals surface area contributed by atoms with Gasteiger partial charge >= 0.3 is 0 Å². The zero-order valence-corrected chi connectivity index (χ0v) is 40.3. The van der Waals surface area contributed by atoms with E-state index < -0.39 is 51.2 Å². The fraction of sp³-hybridized carbons (Fsp3) is 0.111. The Morgan fingerprint density at radius 1 is 0.265 bits per heavy atom. The van der Waals surface area contributed by atoms with Crippen LogP contribution in [0.2, 0.25) is 0 Å². The quantitative estimate of drug-likeness (QED) is 0.136. The molecule has 0 atom stereocenters. The molecule has 2 aliphatic rings. The van der Waals surface area contributed by atoms with Crippen LogP contribution in [0.4, 0.5) is 0 Å². The summed E-state index contributed by atoms with van der Waals surface area (Å²) in [4.78, 5) is 0.0473. The molecule has 2 heterocycles. The molecular formula is C54H42O10S4. The molecule has 0 N–H and O–H groups in total. The van der Waals surface area contributed by atoms with E-state index in [0.29, 0.717) is 22.3 Å². The van der Waals surface area contributed by atoms with Crippen molar-refractivity contribution in [1.82, 2.24) is 0 Å². The zero-order valence-electron chi connectivity index (χ0n) is 37.0. The number of benzene rings is 8. The van der Waals surface area contributed by atoms with Crippen LogP contribution in [0.5, 0.6) is 23.0 Å². The Balaban J connectivity index is 1.19. The number of sulfone groups is 4. The Labute approximate surface area is 396 Å². The average Bonchev–Trinajstić information content (AvgIpc) is 3.32. The van der Waals surface area contributed by atoms with Crippen molar-refractivity contribution in [3.63, 3.8) is 0 Å². The molecule has 0 spiro atoms. The standard InChI is InChI=1S/C54H42O10S4/c1-33-5-13-37(14-6-33)65(55,56)41-21-25-45-49(29-41)63-50-30-42(66(57,58)38-15-7-34(2)8-16-38)22-26-46(50)53(45)54-47-27-23-43(67(59,60)39-17-9-35(3)10-18-39)31-51(47)64-52-32-44(24-28-48(52)54)68(61,62)40-19-11-36(4)12-20-40/h5-32,53-54H,1-4H3. The molecule has 0 unspecified atom stereocenters. The Morgan fingerprint density at radius 3 is 0.632 bits per heavy atom. The van der Waals surface area contributed by atoms with Crippen LogP contribution in [0.15, 0.2) is 209 Å². The van der Waals surface area contributed by atoms with Crippen LogP contribution in [0.3, 0.4) is 0 Å². The summed E-state index contributed by atoms with van der Waals surface area (Å²) in [6.45, 7) is 7.42. The molecule has 0 aliphatic carbocycles. The highest BCUT2D eigenvalue weighted by atomic mass is 32.2. The highest BCUT2D eigenvalue weighted by molar-refractivity contribution is 7.92. The number of rotatable bonds is 9. The van der Waals surface area contributed by atoms with Gasteiger partial charge in [0, 0.05) is 58.4 Å². The third kappa shape index (κ3) is 7.70. The Kier molecular flexibility index (Phi) is 10.9. The van der Waals surface area contributed by atoms with E-state index in [9.17, 15) is 33.7 Å². The summed E-state index contributed by atoms with van der Waals surface area (Å²) in [5.74, 6) is -0.942. The summed E-state index contributed by atoms with van der Waals surface area (Å²) in [6, 6.07) is 44.3. The lowest BCUT2D eigenvalue weighted by Crippen LogP contribution is -2.23. The fourth-order valence-electron chi connectivity index (χ4n) is 8.81. The number of fused-ring (bicyclic) bond motifs is 4. The maximum absolute atomic E-state index is 14.2. The summed E-state index contributed by atoms with van der Waals surface area (Å²) in [5, 5.41) is 0. The molecule has 2 aliphatic heterocycles. The van der Waals surface area contributed by atoms with Crippen LogP contribution < -0.4 is 9.47 Å². The lowest BCUT2D eigenvalue weighted by atomic mass is 9.71. The molecular weight excluding hydrogens is 937 g/mol. The summed E-state index contributed by atoms with van der Waals surface area (Å²) >= 11 is 0. The van der Waals surface area contributed by atoms with Crippen molar-refractivity contribution in [2.24, 2.45) is 0 Å². The largest absolute Gasteiger partial charge is 0.457 e. The topological polar surface area (TPSA) is 155 Å². The second-order valence-electron chi connectivity index (χ2n) is 17.2. The van der Waals surface area contributed by atoms with Crippen LogP contribution in [-0.2, 0) is 39.3 Å². The second-order valence-corrected chi connectivity index (χ2v) is 25.0. The zero-order chi connectivity index (χ0) is 47.9. The second kappa shape index (κ2) is 16.4. The predicted molar refractivity (Wildman–Crippen MR) is 256 cm³/mol. The highest BCUT2D eigenvalue weighted by Crippen LogP contribution is 2.58. The van der Waals surface area contributed by atoms with E-state index >= 15 is 0 Å². The molecule has 0 amide bonds. The minimum atomic E-state index is -4.08. The van der Waals surface area contributed by atoms with Crippen LogP contribution in [0, 0.1) is 27.7 Å². The van der Waals surface area contributed by atoms with Crippen molar-refractivity contribution in [2.45, 2.75) is 78.7 Å². The summed E-state index contributed by atoms with van der Waals surface area (Å²) in [7, 11) is -16.3. The maximum Gasteiger partial charge on any atom is 0.206 e. The molecule has 0 fully saturated rings. The van der Waals surface area contributed by atoms with E-state index in [0.717, 1.165) is 22.3 Å². The molecule has 14 heteroatoms. The van der Waals surface area contributed by atoms with E-state index in [1.165, 1.54) is 97.1 Å². The number of hydrogen-bond acceptors (Lipinski definition) is 10. The summed E-state index contributed by atoms with van der Waals surface area (Å²) in [6.07, 6.45) is 0. The van der Waals surface area contributed by atoms with Crippen molar-refractivity contribution in [1.29, 1.82) is 0 Å². The fourth-order valence-corrected chi connectivity index (χ4v) is 13.9. The lowest BCUT2D eigenvalue weighted by Gasteiger charge is -2.38. The SMILES string of the molecule is Cc1ccc(S(=O)(=O)c2ccc3c(c2)Oc2cc(S(=O)(=O)c4ccc(C)cc4)ccc2C3C2c3ccc(S(=O)(=O)c4ccc(C)cc4)cc3Oc3cc(S(=O)(=O)c4ccc(C)cc4)ccc32)cc1. The van der Waals surface area contributed by atoms with Gasteiger partial charge in [0.1, 0.15) is 23.0 Å². The first kappa shape index (κ1) is 45.0. The molecule has 0 saturated heterocycles. The molecule has 0 saturated carbocycles. The normalized spacial score (nSPS) is 13.9. The molecule has 10 rings (SSSR count). The van der Waals surface area contributed by atoms with E-state index in [2.05, 4.69) is 0 Å². The van der Waals surface area contributed by atoms with Gasteiger partial charge in [0.25, 0.3) is 0 Å². The number of aryl methyl sites for hydroxylation is 4. The minimum Gasteiger partial charge on any atom is -0.457 e. The molecule has 0 aromatic heterocycles. The Hall–Kier alpha value is -6.84. The first-order valence-corrected chi connectivity index (χ1v) is 27.4. The first-order chi connectivity index (χ1) is 32.3. The van der Waals surface area contributed by atoms with Crippen LogP contribution in [0.1, 0.15) is 56.3 Å². The third-order valence-corrected chi connectivity index (χ3v) is 19.7. The van der Waals surface area contributed by atoms with Gasteiger partial charge in [0.2, 0.25) is 39.3 Å². The molecule has 0 radical (unpaired) electrons. The van der Waals surface area contributed by atoms with Crippen LogP contribution >= 0.6 is 0 Å².